The molecule has 0 aromatic carbocycles. The third-order valence-corrected chi connectivity index (χ3v) is 5.70. The number of carboxylic acid groups (broad SMARTS) is 1. The van der Waals surface area contributed by atoms with Gasteiger partial charge in [-0.2, -0.15) is 16.7 Å². The first kappa shape index (κ1) is 14.8. The van der Waals surface area contributed by atoms with Crippen LogP contribution in [0.5, 0.6) is 0 Å². The lowest BCUT2D eigenvalue weighted by atomic mass is 9.83. The molecule has 1 saturated heterocycles. The van der Waals surface area contributed by atoms with Crippen molar-refractivity contribution in [3.63, 3.8) is 0 Å². The Balaban J connectivity index is 1.74. The zero-order chi connectivity index (χ0) is 14.9. The van der Waals surface area contributed by atoms with Crippen LogP contribution in [0.3, 0.4) is 0 Å². The van der Waals surface area contributed by atoms with Crippen molar-refractivity contribution in [2.24, 2.45) is 5.41 Å². The third-order valence-electron chi connectivity index (χ3n) is 4.68. The van der Waals surface area contributed by atoms with E-state index >= 15 is 0 Å². The highest BCUT2D eigenvalue weighted by Crippen LogP contribution is 2.41. The number of carbonyl (C=O) groups is 1. The molecule has 6 nitrogen and oxygen atoms in total. The number of hydrogen-bond donors (Lipinski definition) is 1. The maximum Gasteiger partial charge on any atom is 0.310 e. The molecule has 116 valence electrons. The van der Waals surface area contributed by atoms with Gasteiger partial charge in [-0.15, -0.1) is 0 Å². The van der Waals surface area contributed by atoms with Crippen LogP contribution in [0.4, 0.5) is 0 Å². The second-order valence-electron chi connectivity index (χ2n) is 6.09. The summed E-state index contributed by atoms with van der Waals surface area (Å²) in [4.78, 5) is 18.3. The number of hydrogen-bond acceptors (Lipinski definition) is 6. The highest BCUT2D eigenvalue weighted by Gasteiger charge is 2.43. The largest absolute Gasteiger partial charge is 0.481 e. The molecule has 1 N–H and O–H groups in total. The van der Waals surface area contributed by atoms with Crippen LogP contribution in [0.1, 0.15) is 43.4 Å². The molecule has 2 aliphatic rings. The van der Waals surface area contributed by atoms with Gasteiger partial charge in [0, 0.05) is 24.5 Å². The molecular weight excluding hydrogens is 290 g/mol. The van der Waals surface area contributed by atoms with Gasteiger partial charge in [0.15, 0.2) is 5.82 Å². The summed E-state index contributed by atoms with van der Waals surface area (Å²) >= 11 is 1.89. The van der Waals surface area contributed by atoms with Gasteiger partial charge >= 0.3 is 5.97 Å². The Hall–Kier alpha value is -1.08. The van der Waals surface area contributed by atoms with Crippen molar-refractivity contribution < 1.29 is 14.4 Å². The highest BCUT2D eigenvalue weighted by atomic mass is 32.2. The van der Waals surface area contributed by atoms with Crippen molar-refractivity contribution in [3.05, 3.63) is 11.7 Å². The monoisotopic (exact) mass is 311 g/mol. The Labute approximate surface area is 128 Å². The number of nitrogens with zero attached hydrogens (tertiary/aromatic N) is 3. The number of rotatable bonds is 4. The SMILES string of the molecule is CN1CCSCC1c1noc(CC2(C(=O)O)CCCC2)n1. The molecule has 0 spiro atoms. The molecule has 1 atom stereocenters. The van der Waals surface area contributed by atoms with Crippen LogP contribution in [0, 0.1) is 5.41 Å². The maximum atomic E-state index is 11.6. The lowest BCUT2D eigenvalue weighted by Gasteiger charge is -2.29. The van der Waals surface area contributed by atoms with Crippen LogP contribution >= 0.6 is 11.8 Å². The van der Waals surface area contributed by atoms with E-state index in [0.717, 1.165) is 30.9 Å². The number of aliphatic carboxylic acids is 1. The predicted octanol–water partition coefficient (Wildman–Crippen LogP) is 1.98. The van der Waals surface area contributed by atoms with Crippen molar-refractivity contribution >= 4 is 17.7 Å². The summed E-state index contributed by atoms with van der Waals surface area (Å²) in [5.41, 5.74) is -0.697. The lowest BCUT2D eigenvalue weighted by molar-refractivity contribution is -0.148. The second-order valence-corrected chi connectivity index (χ2v) is 7.24. The van der Waals surface area contributed by atoms with Gasteiger partial charge in [0.05, 0.1) is 11.5 Å². The summed E-state index contributed by atoms with van der Waals surface area (Å²) < 4.78 is 5.34. The molecule has 21 heavy (non-hydrogen) atoms. The first-order chi connectivity index (χ1) is 10.1. The van der Waals surface area contributed by atoms with Gasteiger partial charge in [0.25, 0.3) is 0 Å². The first-order valence-corrected chi connectivity index (χ1v) is 8.60. The van der Waals surface area contributed by atoms with Gasteiger partial charge in [-0.1, -0.05) is 18.0 Å². The van der Waals surface area contributed by atoms with Gasteiger partial charge in [0.2, 0.25) is 5.89 Å². The third kappa shape index (κ3) is 2.94. The number of thioether (sulfide) groups is 1. The summed E-state index contributed by atoms with van der Waals surface area (Å²) in [6.07, 6.45) is 3.71. The zero-order valence-corrected chi connectivity index (χ0v) is 13.1. The van der Waals surface area contributed by atoms with Gasteiger partial charge in [-0.25, -0.2) is 0 Å². The van der Waals surface area contributed by atoms with Crippen molar-refractivity contribution in [1.82, 2.24) is 15.0 Å². The van der Waals surface area contributed by atoms with Crippen molar-refractivity contribution in [2.45, 2.75) is 38.1 Å². The Morgan fingerprint density at radius 3 is 2.95 bits per heavy atom. The molecule has 1 unspecified atom stereocenters. The summed E-state index contributed by atoms with van der Waals surface area (Å²) in [5.74, 6) is 2.51. The Bertz CT molecular complexity index is 513. The van der Waals surface area contributed by atoms with E-state index in [-0.39, 0.29) is 6.04 Å². The van der Waals surface area contributed by atoms with Crippen molar-refractivity contribution in [1.29, 1.82) is 0 Å². The molecule has 1 saturated carbocycles. The lowest BCUT2D eigenvalue weighted by Crippen LogP contribution is -2.33. The predicted molar refractivity (Wildman–Crippen MR) is 79.2 cm³/mol. The van der Waals surface area contributed by atoms with Gasteiger partial charge < -0.3 is 9.63 Å². The second kappa shape index (κ2) is 5.96. The van der Waals surface area contributed by atoms with Crippen LogP contribution in [0.15, 0.2) is 4.52 Å². The maximum absolute atomic E-state index is 11.6. The Kier molecular flexibility index (Phi) is 4.21. The minimum Gasteiger partial charge on any atom is -0.481 e. The minimum atomic E-state index is -0.731. The fraction of sp³-hybridized carbons (Fsp3) is 0.786. The fourth-order valence-corrected chi connectivity index (χ4v) is 4.45. The molecule has 3 rings (SSSR count). The molecule has 1 aliphatic carbocycles. The number of carboxylic acids is 1. The van der Waals surface area contributed by atoms with E-state index in [1.165, 1.54) is 0 Å². The summed E-state index contributed by atoms with van der Waals surface area (Å²) in [6.45, 7) is 1.01. The normalized spacial score (nSPS) is 26.0. The molecule has 0 amide bonds. The molecule has 0 bridgehead atoms. The quantitative estimate of drug-likeness (QED) is 0.910. The van der Waals surface area contributed by atoms with E-state index in [2.05, 4.69) is 22.1 Å². The zero-order valence-electron chi connectivity index (χ0n) is 12.2. The summed E-state index contributed by atoms with van der Waals surface area (Å²) in [7, 11) is 2.07. The van der Waals surface area contributed by atoms with Gasteiger partial charge in [-0.3, -0.25) is 9.69 Å². The van der Waals surface area contributed by atoms with Crippen LogP contribution < -0.4 is 0 Å². The van der Waals surface area contributed by atoms with Crippen LogP contribution in [-0.2, 0) is 11.2 Å². The van der Waals surface area contributed by atoms with E-state index in [1.807, 2.05) is 11.8 Å². The van der Waals surface area contributed by atoms with Crippen molar-refractivity contribution in [3.8, 4) is 0 Å². The summed E-state index contributed by atoms with van der Waals surface area (Å²) in [5, 5.41) is 13.6. The average molecular weight is 311 g/mol. The highest BCUT2D eigenvalue weighted by molar-refractivity contribution is 7.99. The molecule has 1 aromatic rings. The Morgan fingerprint density at radius 1 is 1.52 bits per heavy atom. The first-order valence-electron chi connectivity index (χ1n) is 7.45. The molecule has 0 radical (unpaired) electrons. The molecule has 1 aliphatic heterocycles. The molecular formula is C14H21N3O3S. The van der Waals surface area contributed by atoms with E-state index < -0.39 is 11.4 Å². The van der Waals surface area contributed by atoms with E-state index in [1.54, 1.807) is 0 Å². The smallest absolute Gasteiger partial charge is 0.310 e. The van der Waals surface area contributed by atoms with Crippen LogP contribution in [0.2, 0.25) is 0 Å². The van der Waals surface area contributed by atoms with Gasteiger partial charge in [-0.05, 0) is 19.9 Å². The van der Waals surface area contributed by atoms with E-state index in [4.69, 9.17) is 4.52 Å². The van der Waals surface area contributed by atoms with E-state index in [9.17, 15) is 9.90 Å². The standard InChI is InChI=1S/C14H21N3O3S/c1-17-6-7-21-9-10(17)12-15-11(20-16-12)8-14(13(18)19)4-2-3-5-14/h10H,2-9H2,1H3,(H,18,19). The Morgan fingerprint density at radius 2 is 2.29 bits per heavy atom. The van der Waals surface area contributed by atoms with Crippen molar-refractivity contribution in [2.75, 3.05) is 25.1 Å². The van der Waals surface area contributed by atoms with Crippen LogP contribution in [0.25, 0.3) is 0 Å². The van der Waals surface area contributed by atoms with Crippen LogP contribution in [-0.4, -0.2) is 51.2 Å². The van der Waals surface area contributed by atoms with E-state index in [0.29, 0.717) is 31.0 Å². The topological polar surface area (TPSA) is 79.5 Å². The fourth-order valence-electron chi connectivity index (χ4n) is 3.24. The summed E-state index contributed by atoms with van der Waals surface area (Å²) in [6, 6.07) is 0.172. The van der Waals surface area contributed by atoms with Gasteiger partial charge in [0.1, 0.15) is 0 Å². The molecule has 1 aromatic heterocycles. The average Bonchev–Trinajstić information content (AvgIpc) is 3.10. The number of aromatic nitrogens is 2. The molecule has 2 fully saturated rings. The molecule has 7 heteroatoms. The minimum absolute atomic E-state index is 0.172. The molecule has 2 heterocycles.